The fourth-order valence-electron chi connectivity index (χ4n) is 2.11. The van der Waals surface area contributed by atoms with Crippen LogP contribution in [0.2, 0.25) is 0 Å². The van der Waals surface area contributed by atoms with Gasteiger partial charge in [-0.2, -0.15) is 0 Å². The molecule has 1 aromatic heterocycles. The second-order valence-corrected chi connectivity index (χ2v) is 8.42. The number of sulfone groups is 1. The van der Waals surface area contributed by atoms with Crippen molar-refractivity contribution in [2.75, 3.05) is 0 Å². The van der Waals surface area contributed by atoms with Gasteiger partial charge in [-0.05, 0) is 45.2 Å². The van der Waals surface area contributed by atoms with Crippen LogP contribution in [0.25, 0.3) is 5.70 Å². The van der Waals surface area contributed by atoms with E-state index < -0.39 is 15.1 Å². The predicted molar refractivity (Wildman–Crippen MR) is 104 cm³/mol. The quantitative estimate of drug-likeness (QED) is 0.680. The number of hydrogen-bond acceptors (Lipinski definition) is 9. The maximum atomic E-state index is 12.2. The number of nitrogens with two attached hydrogens (primary N) is 2. The molecule has 0 atom stereocenters. The summed E-state index contributed by atoms with van der Waals surface area (Å²) < 4.78 is 29.8. The Hall–Kier alpha value is -2.85. The Morgan fingerprint density at radius 3 is 2.37 bits per heavy atom. The zero-order chi connectivity index (χ0) is 20.2. The van der Waals surface area contributed by atoms with Crippen LogP contribution in [0.1, 0.15) is 38.1 Å². The van der Waals surface area contributed by atoms with Crippen molar-refractivity contribution in [2.24, 2.45) is 21.5 Å². The molecule has 0 saturated carbocycles. The van der Waals surface area contributed by atoms with Crippen LogP contribution < -0.4 is 11.5 Å². The number of benzene rings is 1. The molecule has 0 bridgehead atoms. The molecule has 10 heteroatoms. The molecule has 1 aromatic carbocycles. The van der Waals surface area contributed by atoms with Crippen molar-refractivity contribution in [2.45, 2.75) is 37.5 Å². The fourth-order valence-corrected chi connectivity index (χ4v) is 3.17. The lowest BCUT2D eigenvalue weighted by molar-refractivity contribution is 0.483. The SMILES string of the molecule is C=N/C(N)=C(\N=C(/C)c1ccc(S(=O)(=O)C(C)C)cc1)c1nnc(CN)o1. The van der Waals surface area contributed by atoms with Gasteiger partial charge in [-0.25, -0.2) is 18.4 Å². The van der Waals surface area contributed by atoms with E-state index in [4.69, 9.17) is 15.9 Å². The van der Waals surface area contributed by atoms with E-state index in [1.54, 1.807) is 45.0 Å². The van der Waals surface area contributed by atoms with Gasteiger partial charge in [-0.1, -0.05) is 12.1 Å². The lowest BCUT2D eigenvalue weighted by Crippen LogP contribution is -2.14. The monoisotopic (exact) mass is 390 g/mol. The summed E-state index contributed by atoms with van der Waals surface area (Å²) in [6, 6.07) is 6.42. The number of aromatic nitrogens is 2. The summed E-state index contributed by atoms with van der Waals surface area (Å²) >= 11 is 0. The first kappa shape index (κ1) is 20.5. The summed E-state index contributed by atoms with van der Waals surface area (Å²) in [4.78, 5) is 8.34. The van der Waals surface area contributed by atoms with E-state index in [0.29, 0.717) is 11.3 Å². The number of nitrogens with zero attached hydrogens (tertiary/aromatic N) is 4. The van der Waals surface area contributed by atoms with Crippen LogP contribution in [0.15, 0.2) is 49.4 Å². The van der Waals surface area contributed by atoms with Crippen LogP contribution in [0, 0.1) is 0 Å². The Morgan fingerprint density at radius 2 is 1.89 bits per heavy atom. The smallest absolute Gasteiger partial charge is 0.270 e. The minimum absolute atomic E-state index is 0.0144. The van der Waals surface area contributed by atoms with Crippen LogP contribution in [-0.2, 0) is 16.4 Å². The largest absolute Gasteiger partial charge is 0.418 e. The second kappa shape index (κ2) is 8.23. The normalized spacial score (nSPS) is 13.6. The van der Waals surface area contributed by atoms with Crippen LogP contribution in [-0.4, -0.2) is 36.3 Å². The third-order valence-corrected chi connectivity index (χ3v) is 5.93. The molecular weight excluding hydrogens is 368 g/mol. The molecule has 1 heterocycles. The van der Waals surface area contributed by atoms with Crippen LogP contribution in [0.3, 0.4) is 0 Å². The van der Waals surface area contributed by atoms with Gasteiger partial charge in [0, 0.05) is 5.71 Å². The van der Waals surface area contributed by atoms with Gasteiger partial charge in [-0.15, -0.1) is 10.2 Å². The van der Waals surface area contributed by atoms with E-state index in [1.165, 1.54) is 0 Å². The highest BCUT2D eigenvalue weighted by Crippen LogP contribution is 2.21. The number of rotatable bonds is 7. The van der Waals surface area contributed by atoms with Crippen molar-refractivity contribution in [3.63, 3.8) is 0 Å². The Balaban J connectivity index is 2.42. The molecule has 0 aliphatic heterocycles. The highest BCUT2D eigenvalue weighted by atomic mass is 32.2. The third-order valence-electron chi connectivity index (χ3n) is 3.76. The van der Waals surface area contributed by atoms with Crippen molar-refractivity contribution in [1.82, 2.24) is 10.2 Å². The van der Waals surface area contributed by atoms with Gasteiger partial charge < -0.3 is 15.9 Å². The van der Waals surface area contributed by atoms with Crippen molar-refractivity contribution in [3.8, 4) is 0 Å². The van der Waals surface area contributed by atoms with Crippen molar-refractivity contribution >= 4 is 28.0 Å². The van der Waals surface area contributed by atoms with E-state index in [9.17, 15) is 8.42 Å². The van der Waals surface area contributed by atoms with Crippen molar-refractivity contribution in [3.05, 3.63) is 47.4 Å². The maximum absolute atomic E-state index is 12.2. The van der Waals surface area contributed by atoms with Crippen molar-refractivity contribution < 1.29 is 12.8 Å². The van der Waals surface area contributed by atoms with Crippen LogP contribution in [0.4, 0.5) is 0 Å². The van der Waals surface area contributed by atoms with Gasteiger partial charge in [0.25, 0.3) is 5.89 Å². The Bertz CT molecular complexity index is 988. The summed E-state index contributed by atoms with van der Waals surface area (Å²) in [6.07, 6.45) is 0. The Kier molecular flexibility index (Phi) is 6.24. The molecule has 0 saturated heterocycles. The zero-order valence-corrected chi connectivity index (χ0v) is 16.2. The van der Waals surface area contributed by atoms with Crippen molar-refractivity contribution in [1.29, 1.82) is 0 Å². The van der Waals surface area contributed by atoms with Gasteiger partial charge in [0.2, 0.25) is 5.89 Å². The predicted octanol–water partition coefficient (Wildman–Crippen LogP) is 1.51. The minimum atomic E-state index is -3.34. The summed E-state index contributed by atoms with van der Waals surface area (Å²) in [5.74, 6) is 0.315. The maximum Gasteiger partial charge on any atom is 0.270 e. The molecule has 0 fully saturated rings. The summed E-state index contributed by atoms with van der Waals surface area (Å²) in [6.45, 7) is 8.48. The van der Waals surface area contributed by atoms with Gasteiger partial charge >= 0.3 is 0 Å². The highest BCUT2D eigenvalue weighted by Gasteiger charge is 2.19. The molecule has 0 spiro atoms. The molecule has 0 radical (unpaired) electrons. The van der Waals surface area contributed by atoms with Crippen LogP contribution in [0.5, 0.6) is 0 Å². The average molecular weight is 390 g/mol. The highest BCUT2D eigenvalue weighted by molar-refractivity contribution is 7.92. The first-order valence-corrected chi connectivity index (χ1v) is 9.64. The Morgan fingerprint density at radius 1 is 1.26 bits per heavy atom. The number of hydrogen-bond donors (Lipinski definition) is 2. The van der Waals surface area contributed by atoms with Gasteiger partial charge in [0.05, 0.1) is 16.7 Å². The molecule has 2 rings (SSSR count). The molecule has 0 unspecified atom stereocenters. The summed E-state index contributed by atoms with van der Waals surface area (Å²) in [7, 11) is -3.34. The molecule has 27 heavy (non-hydrogen) atoms. The first-order valence-electron chi connectivity index (χ1n) is 8.09. The number of aliphatic imine (C=N–C) groups is 2. The zero-order valence-electron chi connectivity index (χ0n) is 15.4. The van der Waals surface area contributed by atoms with Crippen LogP contribution >= 0.6 is 0 Å². The molecule has 0 amide bonds. The molecule has 0 aliphatic carbocycles. The molecule has 144 valence electrons. The molecule has 0 aliphatic rings. The molecule has 4 N–H and O–H groups in total. The lowest BCUT2D eigenvalue weighted by Gasteiger charge is -2.09. The lowest BCUT2D eigenvalue weighted by atomic mass is 10.1. The second-order valence-electron chi connectivity index (χ2n) is 5.91. The van der Waals surface area contributed by atoms with E-state index in [-0.39, 0.29) is 34.7 Å². The summed E-state index contributed by atoms with van der Waals surface area (Å²) in [5, 5.41) is 7.14. The first-order chi connectivity index (χ1) is 12.7. The molecule has 2 aromatic rings. The summed E-state index contributed by atoms with van der Waals surface area (Å²) in [5.41, 5.74) is 12.7. The van der Waals surface area contributed by atoms with E-state index in [0.717, 1.165) is 0 Å². The van der Waals surface area contributed by atoms with Gasteiger partial charge in [-0.3, -0.25) is 0 Å². The molecule has 9 nitrogen and oxygen atoms in total. The van der Waals surface area contributed by atoms with E-state index in [2.05, 4.69) is 26.9 Å². The van der Waals surface area contributed by atoms with E-state index in [1.807, 2.05) is 0 Å². The Labute approximate surface area is 157 Å². The van der Waals surface area contributed by atoms with Gasteiger partial charge in [0.15, 0.2) is 21.4 Å². The standard InChI is InChI=1S/C17H22N6O3S/c1-10(2)27(24,25)13-7-5-12(6-8-13)11(3)21-15(16(19)20-4)17-23-22-14(9-18)26-17/h5-8,10H,4,9,18-19H2,1-3H3/b16-15-,21-11+. The minimum Gasteiger partial charge on any atom is -0.418 e. The fraction of sp³-hybridized carbons (Fsp3) is 0.294. The average Bonchev–Trinajstić information content (AvgIpc) is 3.14. The topological polar surface area (TPSA) is 150 Å². The van der Waals surface area contributed by atoms with Gasteiger partial charge in [0.1, 0.15) is 0 Å². The van der Waals surface area contributed by atoms with E-state index >= 15 is 0 Å². The third kappa shape index (κ3) is 4.47. The molecular formula is C17H22N6O3S.